The van der Waals surface area contributed by atoms with Crippen molar-refractivity contribution in [2.45, 2.75) is 24.2 Å². The molecule has 63 heavy (non-hydrogen) atoms. The number of hydrogen-bond donors (Lipinski definition) is 2. The minimum atomic E-state index is -1.59. The summed E-state index contributed by atoms with van der Waals surface area (Å²) in [6.45, 7) is -0.308. The fourth-order valence-electron chi connectivity index (χ4n) is 10.2. The van der Waals surface area contributed by atoms with Crippen LogP contribution in [0.5, 0.6) is 17.2 Å². The Morgan fingerprint density at radius 1 is 0.825 bits per heavy atom. The Morgan fingerprint density at radius 2 is 1.57 bits per heavy atom. The monoisotopic (exact) mass is 867 g/mol. The lowest BCUT2D eigenvalue weighted by molar-refractivity contribution is -0.138. The van der Waals surface area contributed by atoms with Crippen LogP contribution in [0.15, 0.2) is 127 Å². The highest BCUT2D eigenvalue weighted by Crippen LogP contribution is 2.65. The Labute approximate surface area is 368 Å². The zero-order valence-corrected chi connectivity index (χ0v) is 35.1. The SMILES string of the molecule is COc1ccc(OC)c(C=Cc2ccc(N3C(=O)C4CC=C5C(CC6C(=O)N(Nc7ccc(F)cc7)C(=O)C6(c6ccc(Cl)cc6)C5c5ccccc5OCCO)C4C3=O)cc2)c1. The molecule has 4 aliphatic rings. The topological polar surface area (TPSA) is 135 Å². The molecule has 0 spiro atoms. The molecule has 0 aromatic heterocycles. The van der Waals surface area contributed by atoms with E-state index < -0.39 is 52.6 Å². The smallest absolute Gasteiger partial charge is 0.260 e. The summed E-state index contributed by atoms with van der Waals surface area (Å²) in [5.74, 6) is -4.65. The van der Waals surface area contributed by atoms with E-state index in [-0.39, 0.29) is 37.9 Å². The number of nitrogens with one attached hydrogen (secondary N) is 1. The van der Waals surface area contributed by atoms with E-state index >= 15 is 9.59 Å². The highest BCUT2D eigenvalue weighted by Gasteiger charge is 2.70. The fourth-order valence-corrected chi connectivity index (χ4v) is 10.3. The van der Waals surface area contributed by atoms with Crippen LogP contribution >= 0.6 is 11.6 Å². The van der Waals surface area contributed by atoms with Crippen LogP contribution in [0.1, 0.15) is 41.0 Å². The molecule has 2 aliphatic carbocycles. The number of carbonyl (C=O) groups excluding carboxylic acids is 4. The standard InChI is InChI=1S/C50H43ClFN3O8/c1-61-36-21-24-42(62-2)30(27-36)10-7-29-8-19-35(20-9-29)54-46(57)39-23-22-37-40(44(39)48(54)59)28-41-47(58)55(53-34-17-15-33(52)16-18-34)49(60)50(41,31-11-13-32(51)14-12-31)45(37)38-5-3-4-6-43(38)63-26-25-56/h3-22,24,27,39-41,44-45,53,56H,23,25-26,28H2,1-2H3. The molecule has 320 valence electrons. The average molecular weight is 868 g/mol. The molecule has 3 fully saturated rings. The number of hydrazine groups is 1. The second kappa shape index (κ2) is 16.8. The van der Waals surface area contributed by atoms with Gasteiger partial charge in [0, 0.05) is 22.1 Å². The number of para-hydroxylation sites is 1. The zero-order valence-electron chi connectivity index (χ0n) is 34.4. The van der Waals surface area contributed by atoms with Gasteiger partial charge in [-0.1, -0.05) is 77.9 Å². The molecule has 13 heteroatoms. The van der Waals surface area contributed by atoms with Crippen molar-refractivity contribution in [3.8, 4) is 17.2 Å². The molecule has 1 saturated carbocycles. The third-order valence-corrected chi connectivity index (χ3v) is 13.1. The molecular formula is C50H43ClFN3O8. The Hall–Kier alpha value is -6.76. The minimum absolute atomic E-state index is 0.0366. The Kier molecular flexibility index (Phi) is 11.1. The molecule has 5 aromatic rings. The summed E-state index contributed by atoms with van der Waals surface area (Å²) >= 11 is 6.43. The first-order valence-corrected chi connectivity index (χ1v) is 21.0. The van der Waals surface area contributed by atoms with Crippen molar-refractivity contribution in [1.82, 2.24) is 5.01 Å². The van der Waals surface area contributed by atoms with E-state index in [0.29, 0.717) is 44.8 Å². The molecule has 0 bridgehead atoms. The molecule has 11 nitrogen and oxygen atoms in total. The van der Waals surface area contributed by atoms with Crippen LogP contribution in [-0.4, -0.2) is 61.2 Å². The van der Waals surface area contributed by atoms with Crippen LogP contribution in [0.25, 0.3) is 12.2 Å². The van der Waals surface area contributed by atoms with Gasteiger partial charge in [-0.05, 0) is 103 Å². The summed E-state index contributed by atoms with van der Waals surface area (Å²) in [5, 5.41) is 11.2. The number of benzene rings is 5. The van der Waals surface area contributed by atoms with Gasteiger partial charge >= 0.3 is 0 Å². The van der Waals surface area contributed by atoms with Gasteiger partial charge in [0.05, 0.1) is 55.4 Å². The highest BCUT2D eigenvalue weighted by atomic mass is 35.5. The van der Waals surface area contributed by atoms with Crippen LogP contribution < -0.4 is 24.5 Å². The van der Waals surface area contributed by atoms with Gasteiger partial charge in [-0.3, -0.25) is 29.5 Å². The van der Waals surface area contributed by atoms with E-state index in [1.54, 1.807) is 62.8 Å². The van der Waals surface area contributed by atoms with Crippen molar-refractivity contribution in [2.24, 2.45) is 23.7 Å². The number of hydrogen-bond acceptors (Lipinski definition) is 9. The van der Waals surface area contributed by atoms with Crippen molar-refractivity contribution in [3.05, 3.63) is 160 Å². The number of rotatable bonds is 12. The quantitative estimate of drug-likeness (QED) is 0.0723. The van der Waals surface area contributed by atoms with Gasteiger partial charge in [0.1, 0.15) is 29.7 Å². The minimum Gasteiger partial charge on any atom is -0.497 e. The number of methoxy groups -OCH3 is 2. The highest BCUT2D eigenvalue weighted by molar-refractivity contribution is 6.30. The Morgan fingerprint density at radius 3 is 2.29 bits per heavy atom. The molecule has 6 unspecified atom stereocenters. The lowest BCUT2D eigenvalue weighted by Crippen LogP contribution is -2.53. The number of ether oxygens (including phenoxy) is 3. The third-order valence-electron chi connectivity index (χ3n) is 12.9. The molecule has 2 aliphatic heterocycles. The van der Waals surface area contributed by atoms with Crippen molar-refractivity contribution in [3.63, 3.8) is 0 Å². The number of imide groups is 2. The van der Waals surface area contributed by atoms with Crippen molar-refractivity contribution >= 4 is 58.8 Å². The van der Waals surface area contributed by atoms with Gasteiger partial charge in [-0.25, -0.2) is 4.39 Å². The van der Waals surface area contributed by atoms with E-state index in [2.05, 4.69) is 5.43 Å². The maximum Gasteiger partial charge on any atom is 0.260 e. The van der Waals surface area contributed by atoms with Gasteiger partial charge in [0.2, 0.25) is 11.8 Å². The second-order valence-corrected chi connectivity index (χ2v) is 16.5. The number of fused-ring (bicyclic) bond motifs is 4. The van der Waals surface area contributed by atoms with E-state index in [4.69, 9.17) is 25.8 Å². The summed E-state index contributed by atoms with van der Waals surface area (Å²) < 4.78 is 31.0. The first kappa shape index (κ1) is 41.6. The van der Waals surface area contributed by atoms with Crippen LogP contribution in [0, 0.1) is 29.5 Å². The van der Waals surface area contributed by atoms with E-state index in [1.807, 2.05) is 60.7 Å². The van der Waals surface area contributed by atoms with Crippen molar-refractivity contribution in [1.29, 1.82) is 0 Å². The van der Waals surface area contributed by atoms with Gasteiger partial charge in [0.15, 0.2) is 0 Å². The molecule has 6 atom stereocenters. The number of carbonyl (C=O) groups is 4. The summed E-state index contributed by atoms with van der Waals surface area (Å²) in [6.07, 6.45) is 6.05. The summed E-state index contributed by atoms with van der Waals surface area (Å²) in [6, 6.07) is 32.0. The molecule has 4 amide bonds. The number of aliphatic hydroxyl groups excluding tert-OH is 1. The Bertz CT molecular complexity index is 2670. The second-order valence-electron chi connectivity index (χ2n) is 16.0. The van der Waals surface area contributed by atoms with Crippen LogP contribution in [0.4, 0.5) is 15.8 Å². The largest absolute Gasteiger partial charge is 0.497 e. The molecule has 5 aromatic carbocycles. The van der Waals surface area contributed by atoms with Crippen molar-refractivity contribution in [2.75, 3.05) is 37.8 Å². The number of anilines is 2. The lowest BCUT2D eigenvalue weighted by atomic mass is 9.49. The molecule has 2 N–H and O–H groups in total. The van der Waals surface area contributed by atoms with Crippen LogP contribution in [-0.2, 0) is 24.6 Å². The van der Waals surface area contributed by atoms with Gasteiger partial charge in [0.25, 0.3) is 11.8 Å². The number of halogens is 2. The van der Waals surface area contributed by atoms with Crippen molar-refractivity contribution < 1.29 is 42.9 Å². The van der Waals surface area contributed by atoms with Crippen LogP contribution in [0.3, 0.4) is 0 Å². The molecule has 2 heterocycles. The lowest BCUT2D eigenvalue weighted by Gasteiger charge is -2.50. The van der Waals surface area contributed by atoms with Crippen LogP contribution in [0.2, 0.25) is 5.02 Å². The zero-order chi connectivity index (χ0) is 44.0. The molecule has 2 saturated heterocycles. The third kappa shape index (κ3) is 7.03. The molecule has 0 radical (unpaired) electrons. The number of nitrogens with zero attached hydrogens (tertiary/aromatic N) is 2. The van der Waals surface area contributed by atoms with Gasteiger partial charge in [-0.15, -0.1) is 0 Å². The summed E-state index contributed by atoms with van der Waals surface area (Å²) in [7, 11) is 3.19. The fraction of sp³-hybridized carbons (Fsp3) is 0.240. The number of amides is 4. The first-order chi connectivity index (χ1) is 30.6. The molecular weight excluding hydrogens is 825 g/mol. The first-order valence-electron chi connectivity index (χ1n) is 20.7. The Balaban J connectivity index is 1.12. The number of aliphatic hydroxyl groups is 1. The normalized spacial score (nSPS) is 24.0. The maximum atomic E-state index is 15.5. The van der Waals surface area contributed by atoms with Gasteiger partial charge < -0.3 is 19.3 Å². The van der Waals surface area contributed by atoms with E-state index in [1.165, 1.54) is 29.2 Å². The molecule has 9 rings (SSSR count). The van der Waals surface area contributed by atoms with E-state index in [0.717, 1.165) is 21.7 Å². The number of allylic oxidation sites excluding steroid dienone is 2. The summed E-state index contributed by atoms with van der Waals surface area (Å²) in [5.41, 5.74) is 5.59. The summed E-state index contributed by atoms with van der Waals surface area (Å²) in [4.78, 5) is 61.1. The average Bonchev–Trinajstić information content (AvgIpc) is 3.69. The van der Waals surface area contributed by atoms with E-state index in [9.17, 15) is 19.1 Å². The maximum absolute atomic E-state index is 15.5. The van der Waals surface area contributed by atoms with Gasteiger partial charge in [-0.2, -0.15) is 5.01 Å². The predicted molar refractivity (Wildman–Crippen MR) is 235 cm³/mol. The predicted octanol–water partition coefficient (Wildman–Crippen LogP) is 8.23.